The van der Waals surface area contributed by atoms with E-state index in [1.807, 2.05) is 0 Å². The third kappa shape index (κ3) is 2.80. The van der Waals surface area contributed by atoms with Crippen LogP contribution in [0.15, 0.2) is 60.7 Å². The number of rotatable bonds is 5. The average molecular weight is 237 g/mol. The number of benzene rings is 2. The third-order valence-electron chi connectivity index (χ3n) is 3.75. The highest BCUT2D eigenvalue weighted by Gasteiger charge is 2.41. The van der Waals surface area contributed by atoms with E-state index in [0.29, 0.717) is 5.54 Å². The minimum absolute atomic E-state index is 0.358. The lowest BCUT2D eigenvalue weighted by atomic mass is 10.0. The van der Waals surface area contributed by atoms with Crippen molar-refractivity contribution in [1.82, 2.24) is 5.32 Å². The second-order valence-corrected chi connectivity index (χ2v) is 5.28. The van der Waals surface area contributed by atoms with Crippen LogP contribution in [-0.2, 0) is 13.0 Å². The summed E-state index contributed by atoms with van der Waals surface area (Å²) in [5.74, 6) is 0. The summed E-state index contributed by atoms with van der Waals surface area (Å²) >= 11 is 0. The fourth-order valence-electron chi connectivity index (χ4n) is 2.44. The summed E-state index contributed by atoms with van der Waals surface area (Å²) in [5.41, 5.74) is 3.17. The van der Waals surface area contributed by atoms with E-state index in [4.69, 9.17) is 0 Å². The summed E-state index contributed by atoms with van der Waals surface area (Å²) in [6, 6.07) is 21.4. The van der Waals surface area contributed by atoms with Crippen LogP contribution in [0.25, 0.3) is 0 Å². The molecule has 3 rings (SSSR count). The maximum absolute atomic E-state index is 3.73. The van der Waals surface area contributed by atoms with Crippen LogP contribution < -0.4 is 5.32 Å². The molecule has 0 heterocycles. The van der Waals surface area contributed by atoms with Gasteiger partial charge in [0.15, 0.2) is 0 Å². The van der Waals surface area contributed by atoms with Crippen molar-refractivity contribution in [3.05, 3.63) is 71.8 Å². The number of hydrogen-bond donors (Lipinski definition) is 1. The van der Waals surface area contributed by atoms with Gasteiger partial charge >= 0.3 is 0 Å². The lowest BCUT2D eigenvalue weighted by molar-refractivity contribution is 0.493. The van der Waals surface area contributed by atoms with E-state index in [1.165, 1.54) is 24.0 Å². The molecule has 0 saturated heterocycles. The van der Waals surface area contributed by atoms with Crippen LogP contribution >= 0.6 is 0 Å². The molecule has 1 saturated carbocycles. The highest BCUT2D eigenvalue weighted by atomic mass is 15.0. The van der Waals surface area contributed by atoms with Crippen molar-refractivity contribution in [3.63, 3.8) is 0 Å². The molecular weight excluding hydrogens is 218 g/mol. The van der Waals surface area contributed by atoms with Gasteiger partial charge in [-0.2, -0.15) is 0 Å². The molecule has 0 aliphatic heterocycles. The van der Waals surface area contributed by atoms with Gasteiger partial charge in [-0.05, 0) is 30.4 Å². The average Bonchev–Trinajstić information content (AvgIpc) is 3.19. The SMILES string of the molecule is c1ccc(CNC2(Cc3ccccc3)CC2)cc1. The van der Waals surface area contributed by atoms with E-state index in [2.05, 4.69) is 66.0 Å². The Morgan fingerprint density at radius 1 is 0.778 bits per heavy atom. The Balaban J connectivity index is 1.59. The largest absolute Gasteiger partial charge is 0.307 e. The summed E-state index contributed by atoms with van der Waals surface area (Å²) in [6.45, 7) is 0.980. The molecule has 1 aliphatic rings. The quantitative estimate of drug-likeness (QED) is 0.838. The molecule has 2 aromatic rings. The summed E-state index contributed by atoms with van der Waals surface area (Å²) < 4.78 is 0. The maximum Gasteiger partial charge on any atom is 0.0226 e. The van der Waals surface area contributed by atoms with Crippen molar-refractivity contribution in [2.24, 2.45) is 0 Å². The molecule has 1 aliphatic carbocycles. The zero-order chi connectivity index (χ0) is 12.3. The van der Waals surface area contributed by atoms with Gasteiger partial charge in [0.05, 0.1) is 0 Å². The van der Waals surface area contributed by atoms with Crippen molar-refractivity contribution in [2.75, 3.05) is 0 Å². The molecule has 0 spiro atoms. The first-order valence-corrected chi connectivity index (χ1v) is 6.69. The van der Waals surface area contributed by atoms with Gasteiger partial charge in [0, 0.05) is 12.1 Å². The van der Waals surface area contributed by atoms with Crippen LogP contribution in [0.3, 0.4) is 0 Å². The van der Waals surface area contributed by atoms with Crippen molar-refractivity contribution in [1.29, 1.82) is 0 Å². The zero-order valence-electron chi connectivity index (χ0n) is 10.6. The molecule has 1 N–H and O–H groups in total. The summed E-state index contributed by atoms with van der Waals surface area (Å²) in [4.78, 5) is 0. The van der Waals surface area contributed by atoms with Crippen LogP contribution in [0.2, 0.25) is 0 Å². The van der Waals surface area contributed by atoms with E-state index in [9.17, 15) is 0 Å². The minimum Gasteiger partial charge on any atom is -0.307 e. The molecule has 18 heavy (non-hydrogen) atoms. The first-order chi connectivity index (χ1) is 8.86. The smallest absolute Gasteiger partial charge is 0.0226 e. The first-order valence-electron chi connectivity index (χ1n) is 6.69. The number of nitrogens with one attached hydrogen (secondary N) is 1. The van der Waals surface area contributed by atoms with Crippen molar-refractivity contribution in [2.45, 2.75) is 31.3 Å². The minimum atomic E-state index is 0.358. The molecule has 0 bridgehead atoms. The van der Waals surface area contributed by atoms with Gasteiger partial charge in [0.25, 0.3) is 0 Å². The fourth-order valence-corrected chi connectivity index (χ4v) is 2.44. The van der Waals surface area contributed by atoms with Crippen LogP contribution in [0.4, 0.5) is 0 Å². The second kappa shape index (κ2) is 4.95. The van der Waals surface area contributed by atoms with Crippen LogP contribution in [0.5, 0.6) is 0 Å². The Kier molecular flexibility index (Phi) is 3.16. The van der Waals surface area contributed by atoms with Gasteiger partial charge < -0.3 is 5.32 Å². The summed E-state index contributed by atoms with van der Waals surface area (Å²) in [7, 11) is 0. The molecule has 92 valence electrons. The molecule has 1 heteroatoms. The Labute approximate surface area is 109 Å². The Hall–Kier alpha value is -1.60. The summed E-state index contributed by atoms with van der Waals surface area (Å²) in [5, 5.41) is 3.73. The molecule has 1 nitrogen and oxygen atoms in total. The maximum atomic E-state index is 3.73. The van der Waals surface area contributed by atoms with Gasteiger partial charge in [-0.1, -0.05) is 60.7 Å². The molecule has 0 unspecified atom stereocenters. The van der Waals surface area contributed by atoms with E-state index in [0.717, 1.165) is 13.0 Å². The number of hydrogen-bond acceptors (Lipinski definition) is 1. The van der Waals surface area contributed by atoms with Gasteiger partial charge in [-0.15, -0.1) is 0 Å². The first kappa shape index (κ1) is 11.5. The monoisotopic (exact) mass is 237 g/mol. The molecular formula is C17H19N. The van der Waals surface area contributed by atoms with E-state index >= 15 is 0 Å². The van der Waals surface area contributed by atoms with Gasteiger partial charge in [-0.3, -0.25) is 0 Å². The highest BCUT2D eigenvalue weighted by Crippen LogP contribution is 2.38. The second-order valence-electron chi connectivity index (χ2n) is 5.28. The lowest BCUT2D eigenvalue weighted by Gasteiger charge is -2.17. The van der Waals surface area contributed by atoms with Crippen molar-refractivity contribution in [3.8, 4) is 0 Å². The Morgan fingerprint density at radius 2 is 1.33 bits per heavy atom. The molecule has 0 aromatic heterocycles. The third-order valence-corrected chi connectivity index (χ3v) is 3.75. The van der Waals surface area contributed by atoms with Crippen molar-refractivity contribution >= 4 is 0 Å². The molecule has 0 amide bonds. The predicted molar refractivity (Wildman–Crippen MR) is 75.4 cm³/mol. The standard InChI is InChI=1S/C17H19N/c1-3-7-15(8-4-1)13-17(11-12-17)18-14-16-9-5-2-6-10-16/h1-10,18H,11-14H2. The summed E-state index contributed by atoms with van der Waals surface area (Å²) in [6.07, 6.45) is 3.75. The molecule has 0 atom stereocenters. The van der Waals surface area contributed by atoms with Gasteiger partial charge in [0.1, 0.15) is 0 Å². The van der Waals surface area contributed by atoms with E-state index in [-0.39, 0.29) is 0 Å². The fraction of sp³-hybridized carbons (Fsp3) is 0.294. The Morgan fingerprint density at radius 3 is 1.89 bits per heavy atom. The van der Waals surface area contributed by atoms with Crippen LogP contribution in [-0.4, -0.2) is 5.54 Å². The zero-order valence-corrected chi connectivity index (χ0v) is 10.6. The van der Waals surface area contributed by atoms with Gasteiger partial charge in [0.2, 0.25) is 0 Å². The molecule has 1 fully saturated rings. The van der Waals surface area contributed by atoms with Gasteiger partial charge in [-0.25, -0.2) is 0 Å². The van der Waals surface area contributed by atoms with Crippen LogP contribution in [0, 0.1) is 0 Å². The molecule has 2 aromatic carbocycles. The highest BCUT2D eigenvalue weighted by molar-refractivity contribution is 5.22. The van der Waals surface area contributed by atoms with Crippen LogP contribution in [0.1, 0.15) is 24.0 Å². The van der Waals surface area contributed by atoms with Crippen molar-refractivity contribution < 1.29 is 0 Å². The van der Waals surface area contributed by atoms with E-state index in [1.54, 1.807) is 0 Å². The Bertz CT molecular complexity index is 486. The normalized spacial score (nSPS) is 16.4. The van der Waals surface area contributed by atoms with E-state index < -0.39 is 0 Å². The lowest BCUT2D eigenvalue weighted by Crippen LogP contribution is -2.32. The molecule has 0 radical (unpaired) electrons. The topological polar surface area (TPSA) is 12.0 Å². The predicted octanol–water partition coefficient (Wildman–Crippen LogP) is 3.55.